The molecule has 1 aromatic carbocycles. The Bertz CT molecular complexity index is 1090. The maximum Gasteiger partial charge on any atom is 0.293 e. The van der Waals surface area contributed by atoms with E-state index < -0.39 is 10.8 Å². The zero-order chi connectivity index (χ0) is 19.0. The van der Waals surface area contributed by atoms with Crippen molar-refractivity contribution < 1.29 is 9.72 Å². The fourth-order valence-electron chi connectivity index (χ4n) is 3.44. The third kappa shape index (κ3) is 3.01. The molecule has 4 rings (SSSR count). The number of carbonyl (C=O) groups excluding carboxylic acids is 1. The first-order chi connectivity index (χ1) is 13.0. The Morgan fingerprint density at radius 1 is 1.33 bits per heavy atom. The fraction of sp³-hybridized carbons (Fsp3) is 0.158. The second kappa shape index (κ2) is 6.56. The monoisotopic (exact) mass is 363 g/mol. The van der Waals surface area contributed by atoms with Crippen LogP contribution in [-0.2, 0) is 0 Å². The second-order valence-electron chi connectivity index (χ2n) is 6.35. The lowest BCUT2D eigenvalue weighted by atomic mass is 9.99. The average Bonchev–Trinajstić information content (AvgIpc) is 3.11. The predicted molar refractivity (Wildman–Crippen MR) is 103 cm³/mol. The Morgan fingerprint density at radius 3 is 2.89 bits per heavy atom. The van der Waals surface area contributed by atoms with E-state index in [0.717, 1.165) is 23.0 Å². The summed E-state index contributed by atoms with van der Waals surface area (Å²) in [5, 5.41) is 12.5. The molecule has 0 radical (unpaired) electrons. The molecule has 136 valence electrons. The van der Waals surface area contributed by atoms with Gasteiger partial charge in [-0.2, -0.15) is 0 Å². The number of nitrogens with one attached hydrogen (secondary N) is 1. The second-order valence-corrected chi connectivity index (χ2v) is 6.35. The van der Waals surface area contributed by atoms with Gasteiger partial charge in [-0.1, -0.05) is 6.08 Å². The molecule has 0 spiro atoms. The normalized spacial score (nSPS) is 14.2. The van der Waals surface area contributed by atoms with Crippen LogP contribution in [0.3, 0.4) is 0 Å². The Kier molecular flexibility index (Phi) is 4.08. The number of rotatable bonds is 4. The van der Waals surface area contributed by atoms with E-state index in [1.165, 1.54) is 17.7 Å². The van der Waals surface area contributed by atoms with Gasteiger partial charge < -0.3 is 15.6 Å². The average molecular weight is 363 g/mol. The highest BCUT2D eigenvalue weighted by Gasteiger charge is 2.23. The van der Waals surface area contributed by atoms with E-state index in [9.17, 15) is 14.9 Å². The van der Waals surface area contributed by atoms with Gasteiger partial charge in [-0.25, -0.2) is 4.98 Å². The van der Waals surface area contributed by atoms with Crippen LogP contribution in [0.1, 0.15) is 22.3 Å². The van der Waals surface area contributed by atoms with Gasteiger partial charge in [0, 0.05) is 48.1 Å². The summed E-state index contributed by atoms with van der Waals surface area (Å²) in [7, 11) is 0. The molecule has 2 aromatic heterocycles. The van der Waals surface area contributed by atoms with Crippen molar-refractivity contribution in [3.05, 3.63) is 70.0 Å². The summed E-state index contributed by atoms with van der Waals surface area (Å²) in [5.41, 5.74) is 8.87. The highest BCUT2D eigenvalue weighted by Crippen LogP contribution is 2.34. The van der Waals surface area contributed by atoms with Crippen LogP contribution < -0.4 is 10.6 Å². The van der Waals surface area contributed by atoms with E-state index in [1.54, 1.807) is 12.3 Å². The number of primary amides is 1. The molecule has 8 nitrogen and oxygen atoms in total. The largest absolute Gasteiger partial charge is 0.366 e. The number of nitro benzene ring substituents is 1. The minimum Gasteiger partial charge on any atom is -0.366 e. The Morgan fingerprint density at radius 2 is 2.19 bits per heavy atom. The first-order valence-electron chi connectivity index (χ1n) is 8.49. The van der Waals surface area contributed by atoms with Gasteiger partial charge in [-0.15, -0.1) is 0 Å². The summed E-state index contributed by atoms with van der Waals surface area (Å²) in [6, 6.07) is 8.28. The van der Waals surface area contributed by atoms with Gasteiger partial charge in [-0.3, -0.25) is 14.9 Å². The molecule has 0 atom stereocenters. The molecule has 1 aliphatic heterocycles. The highest BCUT2D eigenvalue weighted by molar-refractivity contribution is 5.94. The molecular formula is C19H17N5O3. The van der Waals surface area contributed by atoms with Crippen LogP contribution in [0.5, 0.6) is 0 Å². The van der Waals surface area contributed by atoms with Gasteiger partial charge >= 0.3 is 0 Å². The van der Waals surface area contributed by atoms with Crippen LogP contribution in [0, 0.1) is 10.1 Å². The van der Waals surface area contributed by atoms with E-state index in [-0.39, 0.29) is 11.3 Å². The number of hydrogen-bond acceptors (Lipinski definition) is 5. The van der Waals surface area contributed by atoms with Gasteiger partial charge in [0.2, 0.25) is 5.91 Å². The van der Waals surface area contributed by atoms with Gasteiger partial charge in [0.05, 0.1) is 4.92 Å². The van der Waals surface area contributed by atoms with Crippen molar-refractivity contribution in [1.82, 2.24) is 9.97 Å². The number of aromatic amines is 1. The number of nitrogens with two attached hydrogens (primary N) is 1. The number of nitrogens with zero attached hydrogens (tertiary/aromatic N) is 3. The molecule has 0 unspecified atom stereocenters. The Labute approximate surface area is 154 Å². The van der Waals surface area contributed by atoms with Crippen LogP contribution in [0.15, 0.2) is 48.8 Å². The van der Waals surface area contributed by atoms with Crippen LogP contribution in [0.2, 0.25) is 0 Å². The van der Waals surface area contributed by atoms with Crippen molar-refractivity contribution in [3.8, 4) is 0 Å². The maximum absolute atomic E-state index is 11.4. The molecule has 3 N–H and O–H groups in total. The number of pyridine rings is 1. The van der Waals surface area contributed by atoms with Crippen LogP contribution in [0.25, 0.3) is 16.6 Å². The summed E-state index contributed by atoms with van der Waals surface area (Å²) in [5.74, 6) is -0.682. The van der Waals surface area contributed by atoms with E-state index >= 15 is 0 Å². The van der Waals surface area contributed by atoms with Crippen molar-refractivity contribution in [2.24, 2.45) is 5.73 Å². The smallest absolute Gasteiger partial charge is 0.293 e. The number of benzene rings is 1. The molecule has 0 aliphatic carbocycles. The number of fused-ring (bicyclic) bond motifs is 1. The molecule has 0 saturated carbocycles. The van der Waals surface area contributed by atoms with E-state index in [0.29, 0.717) is 18.8 Å². The third-order valence-electron chi connectivity index (χ3n) is 4.80. The van der Waals surface area contributed by atoms with Crippen molar-refractivity contribution in [1.29, 1.82) is 0 Å². The van der Waals surface area contributed by atoms with Gasteiger partial charge in [-0.05, 0) is 36.3 Å². The van der Waals surface area contributed by atoms with Crippen LogP contribution >= 0.6 is 0 Å². The van der Waals surface area contributed by atoms with Gasteiger partial charge in [0.25, 0.3) is 5.69 Å². The lowest BCUT2D eigenvalue weighted by Gasteiger charge is -2.28. The van der Waals surface area contributed by atoms with E-state index in [1.807, 2.05) is 23.2 Å². The molecule has 3 aromatic rings. The minimum atomic E-state index is -0.682. The molecule has 0 saturated heterocycles. The van der Waals surface area contributed by atoms with Crippen LogP contribution in [-0.4, -0.2) is 33.9 Å². The Balaban J connectivity index is 1.64. The van der Waals surface area contributed by atoms with E-state index in [4.69, 9.17) is 5.73 Å². The molecule has 1 aliphatic rings. The highest BCUT2D eigenvalue weighted by atomic mass is 16.6. The van der Waals surface area contributed by atoms with Crippen molar-refractivity contribution in [2.75, 3.05) is 18.0 Å². The van der Waals surface area contributed by atoms with Gasteiger partial charge in [0.15, 0.2) is 0 Å². The topological polar surface area (TPSA) is 118 Å². The number of hydrogen-bond donors (Lipinski definition) is 2. The number of nitro groups is 1. The third-order valence-corrected chi connectivity index (χ3v) is 4.80. The van der Waals surface area contributed by atoms with E-state index in [2.05, 4.69) is 16.0 Å². The van der Waals surface area contributed by atoms with Crippen molar-refractivity contribution in [3.63, 3.8) is 0 Å². The number of amides is 1. The SMILES string of the molecule is NC(=O)c1ccc(N2CC=C(c3c[nH]c4ncccc34)CC2)c([N+](=O)[O-])c1. The first kappa shape index (κ1) is 16.8. The number of aromatic nitrogens is 2. The summed E-state index contributed by atoms with van der Waals surface area (Å²) in [6.45, 7) is 1.18. The van der Waals surface area contributed by atoms with Crippen molar-refractivity contribution in [2.45, 2.75) is 6.42 Å². The molecule has 27 heavy (non-hydrogen) atoms. The lowest BCUT2D eigenvalue weighted by molar-refractivity contribution is -0.384. The zero-order valence-electron chi connectivity index (χ0n) is 14.4. The number of H-pyrrole nitrogens is 1. The predicted octanol–water partition coefficient (Wildman–Crippen LogP) is 2.86. The first-order valence-corrected chi connectivity index (χ1v) is 8.49. The molecule has 0 bridgehead atoms. The number of anilines is 1. The summed E-state index contributed by atoms with van der Waals surface area (Å²) in [6.07, 6.45) is 6.51. The summed E-state index contributed by atoms with van der Waals surface area (Å²) >= 11 is 0. The fourth-order valence-corrected chi connectivity index (χ4v) is 3.44. The quantitative estimate of drug-likeness (QED) is 0.546. The summed E-state index contributed by atoms with van der Waals surface area (Å²) < 4.78 is 0. The molecule has 0 fully saturated rings. The lowest BCUT2D eigenvalue weighted by Crippen LogP contribution is -2.29. The number of carbonyl (C=O) groups is 1. The van der Waals surface area contributed by atoms with Crippen LogP contribution in [0.4, 0.5) is 11.4 Å². The summed E-state index contributed by atoms with van der Waals surface area (Å²) in [4.78, 5) is 31.7. The standard InChI is InChI=1S/C19H17N5O3/c20-18(25)13-3-4-16(17(10-13)24(26)27)23-8-5-12(6-9-23)15-11-22-19-14(15)2-1-7-21-19/h1-5,7,10-11H,6,8-9H2,(H2,20,25)(H,21,22). The maximum atomic E-state index is 11.4. The van der Waals surface area contributed by atoms with Gasteiger partial charge in [0.1, 0.15) is 11.3 Å². The molecular weight excluding hydrogens is 346 g/mol. The van der Waals surface area contributed by atoms with Crippen molar-refractivity contribution >= 4 is 33.9 Å². The zero-order valence-corrected chi connectivity index (χ0v) is 14.4. The molecule has 8 heteroatoms. The molecule has 3 heterocycles. The Hall–Kier alpha value is -3.68. The molecule has 1 amide bonds. The minimum absolute atomic E-state index is 0.112.